The van der Waals surface area contributed by atoms with E-state index in [0.29, 0.717) is 16.7 Å². The molecular weight excluding hydrogens is 638 g/mol. The highest BCUT2D eigenvalue weighted by Crippen LogP contribution is 2.34. The van der Waals surface area contributed by atoms with Gasteiger partial charge in [0.15, 0.2) is 5.82 Å². The van der Waals surface area contributed by atoms with Crippen molar-refractivity contribution in [3.63, 3.8) is 0 Å². The fourth-order valence-electron chi connectivity index (χ4n) is 4.51. The van der Waals surface area contributed by atoms with Gasteiger partial charge < -0.3 is 11.1 Å². The van der Waals surface area contributed by atoms with E-state index in [1.807, 2.05) is 30.3 Å². The molecule has 4 heterocycles. The first-order chi connectivity index (χ1) is 21.5. The molecule has 0 bridgehead atoms. The topological polar surface area (TPSA) is 164 Å². The number of primary amides is 1. The van der Waals surface area contributed by atoms with Gasteiger partial charge in [-0.3, -0.25) is 14.3 Å². The van der Waals surface area contributed by atoms with Gasteiger partial charge in [-0.25, -0.2) is 9.67 Å². The number of tetrazole rings is 1. The molecule has 0 aliphatic carbocycles. The minimum absolute atomic E-state index is 0.00226. The molecule has 228 valence electrons. The second kappa shape index (κ2) is 11.6. The number of amides is 2. The van der Waals surface area contributed by atoms with Crippen molar-refractivity contribution in [3.05, 3.63) is 105 Å². The lowest BCUT2D eigenvalue weighted by atomic mass is 10.1. The summed E-state index contributed by atoms with van der Waals surface area (Å²) in [5, 5.41) is 21.8. The molecule has 0 spiro atoms. The number of hydrogen-bond acceptors (Lipinski definition) is 8. The Hall–Kier alpha value is -5.35. The van der Waals surface area contributed by atoms with Crippen LogP contribution in [0.1, 0.15) is 37.9 Å². The summed E-state index contributed by atoms with van der Waals surface area (Å²) >= 11 is 12.9. The van der Waals surface area contributed by atoms with E-state index in [9.17, 15) is 22.8 Å². The van der Waals surface area contributed by atoms with Crippen molar-refractivity contribution in [2.75, 3.05) is 5.32 Å². The van der Waals surface area contributed by atoms with Crippen LogP contribution in [-0.2, 0) is 19.3 Å². The zero-order valence-corrected chi connectivity index (χ0v) is 24.1. The van der Waals surface area contributed by atoms with Crippen LogP contribution in [0.25, 0.3) is 16.7 Å². The summed E-state index contributed by atoms with van der Waals surface area (Å²) in [6.07, 6.45) is -1.71. The fraction of sp³-hybridized carbons (Fsp3) is 0.111. The van der Waals surface area contributed by atoms with Gasteiger partial charge in [0.05, 0.1) is 33.5 Å². The van der Waals surface area contributed by atoms with Crippen molar-refractivity contribution in [1.82, 2.24) is 44.8 Å². The number of nitrogens with two attached hydrogens (primary N) is 1. The van der Waals surface area contributed by atoms with Crippen LogP contribution in [0.5, 0.6) is 0 Å². The minimum Gasteiger partial charge on any atom is -0.365 e. The van der Waals surface area contributed by atoms with Gasteiger partial charge in [0, 0.05) is 17.8 Å². The number of anilines is 1. The normalized spacial score (nSPS) is 11.7. The summed E-state index contributed by atoms with van der Waals surface area (Å²) in [6, 6.07) is 15.3. The molecule has 4 aromatic heterocycles. The van der Waals surface area contributed by atoms with Crippen LogP contribution < -0.4 is 11.1 Å². The van der Waals surface area contributed by atoms with Gasteiger partial charge in [-0.15, -0.1) is 10.2 Å². The summed E-state index contributed by atoms with van der Waals surface area (Å²) < 4.78 is 41.6. The maximum absolute atomic E-state index is 13.8. The maximum atomic E-state index is 13.8. The van der Waals surface area contributed by atoms with E-state index >= 15 is 0 Å². The molecule has 2 aromatic carbocycles. The molecule has 2 amide bonds. The molecule has 0 atom stereocenters. The van der Waals surface area contributed by atoms with Gasteiger partial charge >= 0.3 is 6.18 Å². The molecule has 0 radical (unpaired) electrons. The Morgan fingerprint density at radius 3 is 2.42 bits per heavy atom. The van der Waals surface area contributed by atoms with Crippen LogP contribution in [0.2, 0.25) is 10.0 Å². The van der Waals surface area contributed by atoms with Crippen molar-refractivity contribution < 1.29 is 22.8 Å². The van der Waals surface area contributed by atoms with Gasteiger partial charge in [-0.05, 0) is 35.0 Å². The molecule has 3 N–H and O–H groups in total. The Balaban J connectivity index is 1.38. The van der Waals surface area contributed by atoms with E-state index < -0.39 is 23.8 Å². The SMILES string of the molecule is NC(=O)c1c(NC(=O)c2cc(Cn3nnc(C(F)(F)F)n3)nn2-c2ncccc2Cl)c(Cl)cc2cn(Cc3ccccc3)nc12. The van der Waals surface area contributed by atoms with Crippen molar-refractivity contribution in [2.24, 2.45) is 5.73 Å². The lowest BCUT2D eigenvalue weighted by Gasteiger charge is -2.13. The van der Waals surface area contributed by atoms with E-state index in [2.05, 4.69) is 35.9 Å². The molecule has 45 heavy (non-hydrogen) atoms. The first kappa shape index (κ1) is 29.7. The summed E-state index contributed by atoms with van der Waals surface area (Å²) in [7, 11) is 0. The molecular formula is C27H18Cl2F3N11O2. The lowest BCUT2D eigenvalue weighted by molar-refractivity contribution is -0.145. The molecule has 0 fully saturated rings. The first-order valence-corrected chi connectivity index (χ1v) is 13.6. The van der Waals surface area contributed by atoms with E-state index in [1.54, 1.807) is 16.9 Å². The number of carbonyl (C=O) groups is 2. The molecule has 0 unspecified atom stereocenters. The minimum atomic E-state index is -4.81. The number of nitrogens with zero attached hydrogens (tertiary/aromatic N) is 9. The smallest absolute Gasteiger partial charge is 0.365 e. The molecule has 6 rings (SSSR count). The van der Waals surface area contributed by atoms with Crippen molar-refractivity contribution >= 4 is 51.6 Å². The van der Waals surface area contributed by atoms with Gasteiger partial charge in [0.2, 0.25) is 0 Å². The lowest BCUT2D eigenvalue weighted by Crippen LogP contribution is -2.21. The number of fused-ring (bicyclic) bond motifs is 1. The molecule has 0 aliphatic heterocycles. The second-order valence-corrected chi connectivity index (χ2v) is 10.4. The third-order valence-corrected chi connectivity index (χ3v) is 7.01. The number of alkyl halides is 3. The van der Waals surface area contributed by atoms with E-state index in [1.165, 1.54) is 24.4 Å². The summed E-state index contributed by atoms with van der Waals surface area (Å²) in [5.74, 6) is -3.13. The van der Waals surface area contributed by atoms with E-state index in [4.69, 9.17) is 28.9 Å². The third-order valence-electron chi connectivity index (χ3n) is 6.41. The Morgan fingerprint density at radius 2 is 1.73 bits per heavy atom. The Bertz CT molecular complexity index is 2070. The van der Waals surface area contributed by atoms with E-state index in [0.717, 1.165) is 10.2 Å². The predicted octanol–water partition coefficient (Wildman–Crippen LogP) is 4.38. The average Bonchev–Trinajstić information content (AvgIpc) is 3.73. The number of rotatable bonds is 8. The number of nitrogens with one attached hydrogen (secondary N) is 1. The maximum Gasteiger partial charge on any atom is 0.455 e. The van der Waals surface area contributed by atoms with Crippen LogP contribution in [0.4, 0.5) is 18.9 Å². The van der Waals surface area contributed by atoms with Crippen molar-refractivity contribution in [2.45, 2.75) is 19.3 Å². The Kier molecular flexibility index (Phi) is 7.68. The highest BCUT2D eigenvalue weighted by molar-refractivity contribution is 6.36. The van der Waals surface area contributed by atoms with Crippen LogP contribution >= 0.6 is 23.2 Å². The number of aromatic nitrogens is 9. The van der Waals surface area contributed by atoms with Crippen LogP contribution in [0.3, 0.4) is 0 Å². The summed E-state index contributed by atoms with van der Waals surface area (Å²) in [6.45, 7) is 0.00381. The number of benzene rings is 2. The molecule has 18 heteroatoms. The van der Waals surface area contributed by atoms with Crippen LogP contribution in [0, 0.1) is 0 Å². The summed E-state index contributed by atoms with van der Waals surface area (Å²) in [5.41, 5.74) is 6.56. The quantitative estimate of drug-likeness (QED) is 0.244. The average molecular weight is 656 g/mol. The third kappa shape index (κ3) is 6.05. The molecule has 0 saturated heterocycles. The highest BCUT2D eigenvalue weighted by Gasteiger charge is 2.37. The molecule has 0 saturated carbocycles. The van der Waals surface area contributed by atoms with Gasteiger partial charge in [-0.1, -0.05) is 53.5 Å². The van der Waals surface area contributed by atoms with Gasteiger partial charge in [0.25, 0.3) is 17.6 Å². The Labute approximate surface area is 260 Å². The zero-order valence-electron chi connectivity index (χ0n) is 22.6. The van der Waals surface area contributed by atoms with Crippen LogP contribution in [0.15, 0.2) is 67.0 Å². The molecule has 13 nitrogen and oxygen atoms in total. The largest absolute Gasteiger partial charge is 0.455 e. The van der Waals surface area contributed by atoms with Crippen molar-refractivity contribution in [1.29, 1.82) is 0 Å². The highest BCUT2D eigenvalue weighted by atomic mass is 35.5. The number of carbonyl (C=O) groups excluding carboxylic acids is 2. The Morgan fingerprint density at radius 1 is 0.956 bits per heavy atom. The predicted molar refractivity (Wildman–Crippen MR) is 155 cm³/mol. The fourth-order valence-corrected chi connectivity index (χ4v) is 4.97. The number of pyridine rings is 1. The van der Waals surface area contributed by atoms with Gasteiger partial charge in [0.1, 0.15) is 17.8 Å². The second-order valence-electron chi connectivity index (χ2n) is 9.56. The summed E-state index contributed by atoms with van der Waals surface area (Å²) in [4.78, 5) is 31.3. The number of halogens is 5. The standard InChI is InChI=1S/C27H18Cl2F3N11O2/c28-17-7-4-8-34-24(17)43-19(10-16(37-43)13-42-39-26(36-40-42)27(30,31)32)25(45)35-22-18(29)9-15-12-41(11-14-5-2-1-3-6-14)38-21(15)20(22)23(33)44/h1-10,12H,11,13H2,(H2,33,44)(H,35,45). The monoisotopic (exact) mass is 655 g/mol. The molecule has 0 aliphatic rings. The van der Waals surface area contributed by atoms with Gasteiger partial charge in [-0.2, -0.15) is 28.2 Å². The van der Waals surface area contributed by atoms with Crippen molar-refractivity contribution in [3.8, 4) is 5.82 Å². The first-order valence-electron chi connectivity index (χ1n) is 12.9. The number of hydrogen-bond donors (Lipinski definition) is 2. The molecule has 6 aromatic rings. The van der Waals surface area contributed by atoms with E-state index in [-0.39, 0.29) is 50.6 Å². The van der Waals surface area contributed by atoms with Crippen LogP contribution in [-0.4, -0.2) is 56.6 Å². The zero-order chi connectivity index (χ0) is 31.9.